The van der Waals surface area contributed by atoms with Gasteiger partial charge in [-0.3, -0.25) is 0 Å². The molecule has 0 saturated heterocycles. The molecule has 2 N–H and O–H groups in total. The Labute approximate surface area is 126 Å². The van der Waals surface area contributed by atoms with Crippen molar-refractivity contribution < 1.29 is 19.0 Å². The van der Waals surface area contributed by atoms with Crippen molar-refractivity contribution in [2.45, 2.75) is 38.8 Å². The van der Waals surface area contributed by atoms with Crippen LogP contribution >= 0.6 is 15.9 Å². The van der Waals surface area contributed by atoms with Crippen LogP contribution in [0.3, 0.4) is 0 Å². The van der Waals surface area contributed by atoms with Crippen molar-refractivity contribution in [2.24, 2.45) is 0 Å². The largest absolute Gasteiger partial charge is 0.444 e. The molecule has 0 spiro atoms. The molecule has 1 atom stereocenters. The van der Waals surface area contributed by atoms with E-state index in [0.717, 1.165) is 0 Å². The fraction of sp³-hybridized carbons (Fsp3) is 0.500. The minimum atomic E-state index is -0.615. The van der Waals surface area contributed by atoms with E-state index in [1.54, 1.807) is 26.8 Å². The maximum absolute atomic E-state index is 13.4. The monoisotopic (exact) mass is 347 g/mol. The number of hydrogen-bond donors (Lipinski definition) is 2. The van der Waals surface area contributed by atoms with Crippen molar-refractivity contribution in [3.05, 3.63) is 34.1 Å². The fourth-order valence-corrected chi connectivity index (χ4v) is 2.16. The van der Waals surface area contributed by atoms with E-state index >= 15 is 0 Å². The van der Waals surface area contributed by atoms with Crippen LogP contribution in [0.25, 0.3) is 0 Å². The van der Waals surface area contributed by atoms with Crippen molar-refractivity contribution in [2.75, 3.05) is 6.61 Å². The highest BCUT2D eigenvalue weighted by Gasteiger charge is 2.20. The van der Waals surface area contributed by atoms with Crippen molar-refractivity contribution in [3.8, 4) is 0 Å². The maximum Gasteiger partial charge on any atom is 0.408 e. The number of halogens is 2. The summed E-state index contributed by atoms with van der Waals surface area (Å²) in [5.74, 6) is -0.414. The van der Waals surface area contributed by atoms with Crippen LogP contribution in [0, 0.1) is 5.82 Å². The van der Waals surface area contributed by atoms with Gasteiger partial charge < -0.3 is 15.2 Å². The lowest BCUT2D eigenvalue weighted by Crippen LogP contribution is -2.35. The number of amides is 1. The van der Waals surface area contributed by atoms with Crippen LogP contribution in [-0.2, 0) is 4.74 Å². The summed E-state index contributed by atoms with van der Waals surface area (Å²) in [6.45, 7) is 5.14. The van der Waals surface area contributed by atoms with Crippen LogP contribution in [0.5, 0.6) is 0 Å². The average molecular weight is 348 g/mol. The second kappa shape index (κ2) is 7.04. The molecule has 0 aliphatic rings. The minimum absolute atomic E-state index is 0.130. The van der Waals surface area contributed by atoms with E-state index in [1.807, 2.05) is 0 Å². The zero-order chi connectivity index (χ0) is 15.3. The Morgan fingerprint density at radius 3 is 2.60 bits per heavy atom. The molecule has 0 bridgehead atoms. The summed E-state index contributed by atoms with van der Waals surface area (Å²) in [5, 5.41) is 11.7. The molecular weight excluding hydrogens is 329 g/mol. The molecule has 0 aromatic heterocycles. The first kappa shape index (κ1) is 16.9. The van der Waals surface area contributed by atoms with Gasteiger partial charge >= 0.3 is 6.09 Å². The normalized spacial score (nSPS) is 12.9. The van der Waals surface area contributed by atoms with Crippen LogP contribution < -0.4 is 5.32 Å². The number of carbonyl (C=O) groups is 1. The number of aliphatic hydroxyl groups is 1. The standard InChI is InChI=1S/C14H19BrFNO3/c1-14(2,3)20-13(19)17-12(4-5-18)9-6-10(15)8-11(16)7-9/h6-8,12,18H,4-5H2,1-3H3,(H,17,19)/t12-/m1/s1. The highest BCUT2D eigenvalue weighted by atomic mass is 79.9. The van der Waals surface area contributed by atoms with E-state index < -0.39 is 23.6 Å². The van der Waals surface area contributed by atoms with Crippen LogP contribution in [-0.4, -0.2) is 23.4 Å². The molecule has 0 saturated carbocycles. The Hall–Kier alpha value is -1.14. The summed E-state index contributed by atoms with van der Waals surface area (Å²) in [6.07, 6.45) is -0.328. The van der Waals surface area contributed by atoms with Gasteiger partial charge in [0, 0.05) is 11.1 Å². The summed E-state index contributed by atoms with van der Waals surface area (Å²) < 4.78 is 19.1. The Morgan fingerprint density at radius 2 is 2.10 bits per heavy atom. The first-order valence-electron chi connectivity index (χ1n) is 6.27. The number of aliphatic hydroxyl groups excluding tert-OH is 1. The van der Waals surface area contributed by atoms with E-state index in [0.29, 0.717) is 10.0 Å². The molecule has 0 aliphatic carbocycles. The van der Waals surface area contributed by atoms with Crippen molar-refractivity contribution in [1.82, 2.24) is 5.32 Å². The van der Waals surface area contributed by atoms with Crippen LogP contribution in [0.1, 0.15) is 38.8 Å². The number of rotatable bonds is 4. The Morgan fingerprint density at radius 1 is 1.45 bits per heavy atom. The number of hydrogen-bond acceptors (Lipinski definition) is 3. The van der Waals surface area contributed by atoms with Crippen LogP contribution in [0.15, 0.2) is 22.7 Å². The molecule has 6 heteroatoms. The van der Waals surface area contributed by atoms with Crippen LogP contribution in [0.2, 0.25) is 0 Å². The third-order valence-corrected chi connectivity index (χ3v) is 2.85. The molecule has 1 aromatic carbocycles. The Bertz CT molecular complexity index is 454. The van der Waals surface area contributed by atoms with E-state index in [2.05, 4.69) is 21.2 Å². The van der Waals surface area contributed by atoms with Gasteiger partial charge in [0.2, 0.25) is 0 Å². The van der Waals surface area contributed by atoms with Crippen LogP contribution in [0.4, 0.5) is 9.18 Å². The van der Waals surface area contributed by atoms with Gasteiger partial charge in [-0.15, -0.1) is 0 Å². The van der Waals surface area contributed by atoms with Gasteiger partial charge in [0.1, 0.15) is 11.4 Å². The number of ether oxygens (including phenoxy) is 1. The first-order chi connectivity index (χ1) is 9.21. The molecule has 0 aliphatic heterocycles. The van der Waals surface area contributed by atoms with E-state index in [1.165, 1.54) is 12.1 Å². The molecular formula is C14H19BrFNO3. The molecule has 4 nitrogen and oxygen atoms in total. The summed E-state index contributed by atoms with van der Waals surface area (Å²) in [7, 11) is 0. The molecule has 1 amide bonds. The SMILES string of the molecule is CC(C)(C)OC(=O)N[C@H](CCO)c1cc(F)cc(Br)c1. The lowest BCUT2D eigenvalue weighted by atomic mass is 10.0. The molecule has 0 heterocycles. The maximum atomic E-state index is 13.4. The smallest absolute Gasteiger partial charge is 0.408 e. The third kappa shape index (κ3) is 5.88. The number of nitrogens with one attached hydrogen (secondary N) is 1. The van der Waals surface area contributed by atoms with Gasteiger partial charge in [0.15, 0.2) is 0 Å². The summed E-state index contributed by atoms with van der Waals surface area (Å²) in [6, 6.07) is 3.83. The van der Waals surface area contributed by atoms with E-state index in [-0.39, 0.29) is 13.0 Å². The second-order valence-corrected chi connectivity index (χ2v) is 6.33. The molecule has 1 aromatic rings. The van der Waals surface area contributed by atoms with Crippen molar-refractivity contribution in [1.29, 1.82) is 0 Å². The summed E-state index contributed by atoms with van der Waals surface area (Å²) >= 11 is 3.20. The number of carbonyl (C=O) groups excluding carboxylic acids is 1. The lowest BCUT2D eigenvalue weighted by Gasteiger charge is -2.23. The Balaban J connectivity index is 2.86. The van der Waals surface area contributed by atoms with Crippen molar-refractivity contribution >= 4 is 22.0 Å². The zero-order valence-corrected chi connectivity index (χ0v) is 13.3. The van der Waals surface area contributed by atoms with E-state index in [4.69, 9.17) is 9.84 Å². The Kier molecular flexibility index (Phi) is 5.95. The summed E-state index contributed by atoms with van der Waals surface area (Å²) in [5.41, 5.74) is -0.0482. The number of benzene rings is 1. The first-order valence-corrected chi connectivity index (χ1v) is 7.07. The third-order valence-electron chi connectivity index (χ3n) is 2.40. The summed E-state index contributed by atoms with van der Waals surface area (Å²) in [4.78, 5) is 11.8. The quantitative estimate of drug-likeness (QED) is 0.875. The van der Waals surface area contributed by atoms with E-state index in [9.17, 15) is 9.18 Å². The molecule has 20 heavy (non-hydrogen) atoms. The minimum Gasteiger partial charge on any atom is -0.444 e. The van der Waals surface area contributed by atoms with Gasteiger partial charge in [-0.25, -0.2) is 9.18 Å². The second-order valence-electron chi connectivity index (χ2n) is 5.41. The van der Waals surface area contributed by atoms with Crippen molar-refractivity contribution in [3.63, 3.8) is 0 Å². The predicted octanol–water partition coefficient (Wildman–Crippen LogP) is 3.54. The molecule has 1 rings (SSSR count). The number of alkyl carbamates (subject to hydrolysis) is 1. The highest BCUT2D eigenvalue weighted by Crippen LogP contribution is 2.23. The fourth-order valence-electron chi connectivity index (χ4n) is 1.68. The van der Waals surface area contributed by atoms with Gasteiger partial charge in [-0.1, -0.05) is 15.9 Å². The molecule has 0 unspecified atom stereocenters. The lowest BCUT2D eigenvalue weighted by molar-refractivity contribution is 0.0496. The predicted molar refractivity (Wildman–Crippen MR) is 77.9 cm³/mol. The average Bonchev–Trinajstić information content (AvgIpc) is 2.24. The molecule has 0 fully saturated rings. The van der Waals surface area contributed by atoms with Gasteiger partial charge in [-0.2, -0.15) is 0 Å². The topological polar surface area (TPSA) is 58.6 Å². The highest BCUT2D eigenvalue weighted by molar-refractivity contribution is 9.10. The molecule has 0 radical (unpaired) electrons. The molecule has 112 valence electrons. The van der Waals surface area contributed by atoms with Gasteiger partial charge in [0.05, 0.1) is 6.04 Å². The van der Waals surface area contributed by atoms with Gasteiger partial charge in [-0.05, 0) is 51.0 Å². The zero-order valence-electron chi connectivity index (χ0n) is 11.7. The van der Waals surface area contributed by atoms with Gasteiger partial charge in [0.25, 0.3) is 0 Å².